The van der Waals surface area contributed by atoms with Crippen LogP contribution in [0.5, 0.6) is 5.75 Å². The number of ether oxygens (including phenoxy) is 1. The summed E-state index contributed by atoms with van der Waals surface area (Å²) in [6, 6.07) is 5.89. The minimum Gasteiger partial charge on any atom is -0.481 e. The van der Waals surface area contributed by atoms with Gasteiger partial charge >= 0.3 is 0 Å². The van der Waals surface area contributed by atoms with Crippen molar-refractivity contribution >= 4 is 5.91 Å². The molecule has 0 saturated carbocycles. The molecule has 6 heteroatoms. The van der Waals surface area contributed by atoms with Gasteiger partial charge in [0.25, 0.3) is 11.5 Å². The lowest BCUT2D eigenvalue weighted by Crippen LogP contribution is -2.39. The Bertz CT molecular complexity index is 827. The van der Waals surface area contributed by atoms with Crippen molar-refractivity contribution in [3.63, 3.8) is 0 Å². The second-order valence-electron chi connectivity index (χ2n) is 6.27. The van der Waals surface area contributed by atoms with Crippen molar-refractivity contribution in [1.29, 1.82) is 0 Å². The molecule has 2 rings (SSSR count). The summed E-state index contributed by atoms with van der Waals surface area (Å²) in [4.78, 5) is 28.5. The molecule has 0 fully saturated rings. The number of carbonyl (C=O) groups is 1. The van der Waals surface area contributed by atoms with Crippen LogP contribution in [0.2, 0.25) is 0 Å². The molecule has 0 aliphatic rings. The minimum absolute atomic E-state index is 0.0820. The molecule has 0 radical (unpaired) electrons. The maximum absolute atomic E-state index is 12.2. The molecule has 134 valence electrons. The van der Waals surface area contributed by atoms with Crippen LogP contribution < -0.4 is 15.6 Å². The molecule has 1 aromatic carbocycles. The van der Waals surface area contributed by atoms with Gasteiger partial charge in [0.2, 0.25) is 0 Å². The summed E-state index contributed by atoms with van der Waals surface area (Å²) in [7, 11) is 0. The summed E-state index contributed by atoms with van der Waals surface area (Å²) in [5.74, 6) is 0.489. The van der Waals surface area contributed by atoms with Gasteiger partial charge in [-0.3, -0.25) is 14.2 Å². The van der Waals surface area contributed by atoms with E-state index in [2.05, 4.69) is 10.3 Å². The monoisotopic (exact) mass is 343 g/mol. The third-order valence-electron chi connectivity index (χ3n) is 4.18. The number of carbonyl (C=O) groups excluding carboxylic acids is 1. The molecule has 6 nitrogen and oxygen atoms in total. The Balaban J connectivity index is 1.91. The van der Waals surface area contributed by atoms with Crippen molar-refractivity contribution in [1.82, 2.24) is 14.9 Å². The Kier molecular flexibility index (Phi) is 5.96. The Labute approximate surface area is 147 Å². The smallest absolute Gasteiger partial charge is 0.260 e. The number of nitrogens with zero attached hydrogens (tertiary/aromatic N) is 2. The highest BCUT2D eigenvalue weighted by Crippen LogP contribution is 2.20. The van der Waals surface area contributed by atoms with E-state index in [4.69, 9.17) is 4.74 Å². The summed E-state index contributed by atoms with van der Waals surface area (Å²) >= 11 is 0. The molecule has 1 unspecified atom stereocenters. The van der Waals surface area contributed by atoms with Gasteiger partial charge in [-0.05, 0) is 51.8 Å². The van der Waals surface area contributed by atoms with E-state index in [9.17, 15) is 9.59 Å². The second-order valence-corrected chi connectivity index (χ2v) is 6.27. The Morgan fingerprint density at radius 3 is 2.72 bits per heavy atom. The molecule has 0 aliphatic carbocycles. The molecule has 0 bridgehead atoms. The van der Waals surface area contributed by atoms with Gasteiger partial charge in [-0.1, -0.05) is 12.1 Å². The first-order valence-corrected chi connectivity index (χ1v) is 8.34. The van der Waals surface area contributed by atoms with Gasteiger partial charge in [0.05, 0.1) is 6.33 Å². The lowest BCUT2D eigenvalue weighted by atomic mass is 10.1. The predicted molar refractivity (Wildman–Crippen MR) is 97.0 cm³/mol. The average molecular weight is 343 g/mol. The van der Waals surface area contributed by atoms with Gasteiger partial charge in [0, 0.05) is 24.3 Å². The van der Waals surface area contributed by atoms with Crippen molar-refractivity contribution in [3.8, 4) is 5.75 Å². The maximum Gasteiger partial charge on any atom is 0.260 e. The molecule has 2 aromatic rings. The third kappa shape index (κ3) is 4.68. The van der Waals surface area contributed by atoms with Crippen LogP contribution in [0, 0.1) is 27.7 Å². The number of aryl methyl sites for hydroxylation is 3. The third-order valence-corrected chi connectivity index (χ3v) is 4.18. The van der Waals surface area contributed by atoms with E-state index in [0.29, 0.717) is 24.4 Å². The predicted octanol–water partition coefficient (Wildman–Crippen LogP) is 2.06. The molecule has 1 atom stereocenters. The minimum atomic E-state index is -0.616. The molecule has 1 aromatic heterocycles. The molecule has 1 amide bonds. The number of hydrogen-bond donors (Lipinski definition) is 1. The normalized spacial score (nSPS) is 11.9. The van der Waals surface area contributed by atoms with Crippen LogP contribution in [0.15, 0.2) is 29.3 Å². The summed E-state index contributed by atoms with van der Waals surface area (Å²) in [5, 5.41) is 2.80. The Morgan fingerprint density at radius 2 is 2.00 bits per heavy atom. The molecule has 0 saturated heterocycles. The zero-order valence-electron chi connectivity index (χ0n) is 15.4. The van der Waals surface area contributed by atoms with Gasteiger partial charge in [-0.15, -0.1) is 0 Å². The Morgan fingerprint density at radius 1 is 1.28 bits per heavy atom. The topological polar surface area (TPSA) is 73.2 Å². The molecule has 0 aliphatic heterocycles. The van der Waals surface area contributed by atoms with E-state index in [1.54, 1.807) is 20.8 Å². The van der Waals surface area contributed by atoms with Crippen LogP contribution in [0.4, 0.5) is 0 Å². The molecule has 0 spiro atoms. The molecular formula is C19H25N3O3. The van der Waals surface area contributed by atoms with E-state index in [0.717, 1.165) is 16.8 Å². The lowest BCUT2D eigenvalue weighted by Gasteiger charge is -2.17. The van der Waals surface area contributed by atoms with Crippen LogP contribution >= 0.6 is 0 Å². The molecule has 25 heavy (non-hydrogen) atoms. The number of amides is 1. The number of nitrogens with one attached hydrogen (secondary N) is 1. The number of rotatable bonds is 6. The summed E-state index contributed by atoms with van der Waals surface area (Å²) in [6.45, 7) is 9.89. The van der Waals surface area contributed by atoms with E-state index >= 15 is 0 Å². The lowest BCUT2D eigenvalue weighted by molar-refractivity contribution is -0.127. The zero-order chi connectivity index (χ0) is 18.6. The van der Waals surface area contributed by atoms with Crippen molar-refractivity contribution in [2.75, 3.05) is 6.54 Å². The van der Waals surface area contributed by atoms with Crippen molar-refractivity contribution < 1.29 is 9.53 Å². The van der Waals surface area contributed by atoms with Crippen LogP contribution in [0.25, 0.3) is 0 Å². The highest BCUT2D eigenvalue weighted by atomic mass is 16.5. The molecule has 1 heterocycles. The Hall–Kier alpha value is -2.63. The SMILES string of the molecule is Cc1ccc(C)c(OC(C)C(=O)NCCn2cnc(C)c(C)c2=O)c1. The van der Waals surface area contributed by atoms with Gasteiger partial charge in [0.1, 0.15) is 5.75 Å². The van der Waals surface area contributed by atoms with Crippen LogP contribution in [0.3, 0.4) is 0 Å². The number of benzene rings is 1. The largest absolute Gasteiger partial charge is 0.481 e. The van der Waals surface area contributed by atoms with E-state index in [1.165, 1.54) is 10.9 Å². The van der Waals surface area contributed by atoms with E-state index in [1.807, 2.05) is 32.0 Å². The zero-order valence-corrected chi connectivity index (χ0v) is 15.4. The highest BCUT2D eigenvalue weighted by molar-refractivity contribution is 5.80. The first-order chi connectivity index (χ1) is 11.8. The van der Waals surface area contributed by atoms with Gasteiger partial charge in [-0.25, -0.2) is 4.98 Å². The van der Waals surface area contributed by atoms with E-state index < -0.39 is 6.10 Å². The average Bonchev–Trinajstić information content (AvgIpc) is 2.58. The fourth-order valence-electron chi connectivity index (χ4n) is 2.36. The molecular weight excluding hydrogens is 318 g/mol. The fourth-order valence-corrected chi connectivity index (χ4v) is 2.36. The first kappa shape index (κ1) is 18.7. The van der Waals surface area contributed by atoms with E-state index in [-0.39, 0.29) is 11.5 Å². The second kappa shape index (κ2) is 7.96. The maximum atomic E-state index is 12.2. The number of hydrogen-bond acceptors (Lipinski definition) is 4. The van der Waals surface area contributed by atoms with Crippen molar-refractivity contribution in [2.45, 2.75) is 47.3 Å². The highest BCUT2D eigenvalue weighted by Gasteiger charge is 2.15. The first-order valence-electron chi connectivity index (χ1n) is 8.34. The van der Waals surface area contributed by atoms with Crippen molar-refractivity contribution in [3.05, 3.63) is 57.3 Å². The van der Waals surface area contributed by atoms with Crippen LogP contribution in [0.1, 0.15) is 29.3 Å². The van der Waals surface area contributed by atoms with Gasteiger partial charge in [-0.2, -0.15) is 0 Å². The van der Waals surface area contributed by atoms with Gasteiger partial charge in [0.15, 0.2) is 6.10 Å². The quantitative estimate of drug-likeness (QED) is 0.871. The standard InChI is InChI=1S/C19H25N3O3/c1-12-6-7-13(2)17(10-12)25-16(5)18(23)20-8-9-22-11-21-15(4)14(3)19(22)24/h6-7,10-11,16H,8-9H2,1-5H3,(H,20,23). The van der Waals surface area contributed by atoms with Crippen LogP contribution in [-0.2, 0) is 11.3 Å². The summed E-state index contributed by atoms with van der Waals surface area (Å²) in [6.07, 6.45) is 0.891. The summed E-state index contributed by atoms with van der Waals surface area (Å²) < 4.78 is 7.26. The fraction of sp³-hybridized carbons (Fsp3) is 0.421. The van der Waals surface area contributed by atoms with Crippen molar-refractivity contribution in [2.24, 2.45) is 0 Å². The summed E-state index contributed by atoms with van der Waals surface area (Å²) in [5.41, 5.74) is 3.33. The number of aromatic nitrogens is 2. The van der Waals surface area contributed by atoms with Gasteiger partial charge < -0.3 is 10.1 Å². The van der Waals surface area contributed by atoms with Crippen LogP contribution in [-0.4, -0.2) is 28.1 Å². The molecule has 1 N–H and O–H groups in total.